The lowest BCUT2D eigenvalue weighted by molar-refractivity contribution is -0.133. The van der Waals surface area contributed by atoms with Crippen molar-refractivity contribution in [3.05, 3.63) is 64.7 Å². The van der Waals surface area contributed by atoms with Crippen LogP contribution in [0.5, 0.6) is 5.75 Å². The molecule has 2 aromatic rings. The quantitative estimate of drug-likeness (QED) is 0.343. The number of benzene rings is 2. The fourth-order valence-corrected chi connectivity index (χ4v) is 5.86. The normalized spacial score (nSPS) is 22.7. The van der Waals surface area contributed by atoms with Crippen LogP contribution in [-0.4, -0.2) is 79.6 Å². The van der Waals surface area contributed by atoms with Crippen LogP contribution in [0.15, 0.2) is 53.5 Å². The van der Waals surface area contributed by atoms with E-state index in [0.717, 1.165) is 27.8 Å². The molecule has 3 amide bonds. The van der Waals surface area contributed by atoms with Gasteiger partial charge in [0.1, 0.15) is 24.4 Å². The number of nitrogens with zero attached hydrogens (tertiary/aromatic N) is 1. The number of aliphatic imine (C=N–C) groups is 1. The summed E-state index contributed by atoms with van der Waals surface area (Å²) in [6.45, 7) is 5.81. The number of para-hydroxylation sites is 1. The Morgan fingerprint density at radius 2 is 1.86 bits per heavy atom. The van der Waals surface area contributed by atoms with Crippen molar-refractivity contribution < 1.29 is 19.1 Å². The van der Waals surface area contributed by atoms with Crippen molar-refractivity contribution in [3.8, 4) is 5.75 Å². The van der Waals surface area contributed by atoms with Crippen LogP contribution in [0.1, 0.15) is 31.4 Å². The number of hydrogen-bond donors (Lipinski definition) is 5. The number of thioether (sulfide) groups is 1. The van der Waals surface area contributed by atoms with Gasteiger partial charge in [-0.15, -0.1) is 0 Å². The second-order valence-corrected chi connectivity index (χ2v) is 12.4. The average molecular weight is 629 g/mol. The third kappa shape index (κ3) is 10.1. The Hall–Kier alpha value is -3.28. The largest absolute Gasteiger partial charge is 0.492 e. The molecule has 0 bridgehead atoms. The zero-order chi connectivity index (χ0) is 30.6. The van der Waals surface area contributed by atoms with Gasteiger partial charge in [0, 0.05) is 30.4 Å². The first kappa shape index (κ1) is 32.6. The van der Waals surface area contributed by atoms with Crippen LogP contribution in [0.4, 0.5) is 0 Å². The van der Waals surface area contributed by atoms with E-state index in [2.05, 4.69) is 31.6 Å². The molecule has 12 heteroatoms. The summed E-state index contributed by atoms with van der Waals surface area (Å²) in [5.74, 6) is 0.369. The number of ether oxygens (including phenoxy) is 1. The van der Waals surface area contributed by atoms with Crippen molar-refractivity contribution in [2.45, 2.75) is 51.2 Å². The van der Waals surface area contributed by atoms with Gasteiger partial charge in [-0.1, -0.05) is 67.5 Å². The molecular weight excluding hydrogens is 588 g/mol. The van der Waals surface area contributed by atoms with Gasteiger partial charge < -0.3 is 31.3 Å². The Balaban J connectivity index is 1.56. The summed E-state index contributed by atoms with van der Waals surface area (Å²) in [6.07, 6.45) is 1.78. The van der Waals surface area contributed by atoms with E-state index in [0.29, 0.717) is 50.5 Å². The van der Waals surface area contributed by atoms with Crippen LogP contribution < -0.4 is 31.3 Å². The molecular formula is C31H41ClN6O4S. The fraction of sp³-hybridized carbons (Fsp3) is 0.484. The fourth-order valence-electron chi connectivity index (χ4n) is 4.91. The number of aryl methyl sites for hydroxylation is 1. The molecule has 4 rings (SSSR count). The predicted molar refractivity (Wildman–Crippen MR) is 172 cm³/mol. The molecule has 0 fully saturated rings. The third-order valence-corrected chi connectivity index (χ3v) is 8.38. The summed E-state index contributed by atoms with van der Waals surface area (Å²) < 4.78 is 6.09. The monoisotopic (exact) mass is 628 g/mol. The predicted octanol–water partition coefficient (Wildman–Crippen LogP) is 2.30. The van der Waals surface area contributed by atoms with Gasteiger partial charge in [-0.2, -0.15) is 0 Å². The van der Waals surface area contributed by atoms with Crippen molar-refractivity contribution >= 4 is 46.3 Å². The summed E-state index contributed by atoms with van der Waals surface area (Å²) in [6, 6.07) is 12.8. The van der Waals surface area contributed by atoms with Crippen molar-refractivity contribution in [1.29, 1.82) is 0 Å². The Labute approximate surface area is 262 Å². The molecule has 0 aromatic heterocycles. The highest BCUT2D eigenvalue weighted by Gasteiger charge is 2.31. The lowest BCUT2D eigenvalue weighted by Gasteiger charge is -2.28. The molecule has 43 heavy (non-hydrogen) atoms. The highest BCUT2D eigenvalue weighted by atomic mass is 35.5. The van der Waals surface area contributed by atoms with Crippen LogP contribution in [-0.2, 0) is 27.2 Å². The molecule has 0 saturated heterocycles. The van der Waals surface area contributed by atoms with Crippen LogP contribution in [0.3, 0.4) is 0 Å². The second-order valence-electron chi connectivity index (χ2n) is 10.9. The van der Waals surface area contributed by atoms with E-state index in [9.17, 15) is 14.4 Å². The van der Waals surface area contributed by atoms with Crippen molar-refractivity contribution in [2.75, 3.05) is 38.5 Å². The van der Waals surface area contributed by atoms with E-state index in [-0.39, 0.29) is 24.3 Å². The topological polar surface area (TPSA) is 133 Å². The number of halogens is 1. The minimum atomic E-state index is -0.857. The zero-order valence-corrected chi connectivity index (χ0v) is 26.2. The lowest BCUT2D eigenvalue weighted by atomic mass is 10.0. The van der Waals surface area contributed by atoms with Gasteiger partial charge in [0.2, 0.25) is 17.7 Å². The highest BCUT2D eigenvalue weighted by molar-refractivity contribution is 8.14. The van der Waals surface area contributed by atoms with Gasteiger partial charge in [0.25, 0.3) is 0 Å². The molecule has 2 heterocycles. The number of nitrogens with one attached hydrogen (secondary N) is 5. The summed E-state index contributed by atoms with van der Waals surface area (Å²) in [4.78, 5) is 44.9. The Morgan fingerprint density at radius 3 is 2.63 bits per heavy atom. The minimum Gasteiger partial charge on any atom is -0.492 e. The number of rotatable bonds is 5. The smallest absolute Gasteiger partial charge is 0.244 e. The molecule has 3 atom stereocenters. The van der Waals surface area contributed by atoms with Crippen LogP contribution in [0, 0.1) is 5.92 Å². The number of hydrogen-bond acceptors (Lipinski definition) is 8. The van der Waals surface area contributed by atoms with Crippen LogP contribution in [0.25, 0.3) is 0 Å². The first-order chi connectivity index (χ1) is 20.8. The molecule has 232 valence electrons. The van der Waals surface area contributed by atoms with E-state index < -0.39 is 24.0 Å². The molecule has 5 N–H and O–H groups in total. The molecule has 2 aliphatic heterocycles. The first-order valence-electron chi connectivity index (χ1n) is 14.8. The molecule has 0 radical (unpaired) electrons. The number of amides is 3. The molecule has 0 aliphatic carbocycles. The van der Waals surface area contributed by atoms with Crippen LogP contribution in [0.2, 0.25) is 5.02 Å². The molecule has 10 nitrogen and oxygen atoms in total. The van der Waals surface area contributed by atoms with E-state index in [1.807, 2.05) is 56.3 Å². The van der Waals surface area contributed by atoms with E-state index >= 15 is 0 Å². The SMILES string of the molecule is CC(C)[C@H]1NC(=O)[C@@H](Cc2cccc(Cl)c2)NCCOc2ccccc2CCCNC(=O)[C@H](CNC2=NCCS2)NC1=O. The summed E-state index contributed by atoms with van der Waals surface area (Å²) in [5.41, 5.74) is 1.92. The summed E-state index contributed by atoms with van der Waals surface area (Å²) in [7, 11) is 0. The minimum absolute atomic E-state index is 0.178. The number of carbonyl (C=O) groups is 3. The third-order valence-electron chi connectivity index (χ3n) is 7.21. The zero-order valence-electron chi connectivity index (χ0n) is 24.7. The van der Waals surface area contributed by atoms with Crippen molar-refractivity contribution in [2.24, 2.45) is 10.9 Å². The lowest BCUT2D eigenvalue weighted by Crippen LogP contribution is -2.60. The first-order valence-corrected chi connectivity index (χ1v) is 16.1. The van der Waals surface area contributed by atoms with Gasteiger partial charge >= 0.3 is 0 Å². The number of amidine groups is 1. The Morgan fingerprint density at radius 1 is 1.02 bits per heavy atom. The van der Waals surface area contributed by atoms with Gasteiger partial charge in [-0.3, -0.25) is 19.4 Å². The summed E-state index contributed by atoms with van der Waals surface area (Å²) in [5, 5.41) is 16.6. The van der Waals surface area contributed by atoms with Gasteiger partial charge in [0.15, 0.2) is 5.17 Å². The molecule has 0 spiro atoms. The van der Waals surface area contributed by atoms with Gasteiger partial charge in [-0.25, -0.2) is 0 Å². The maximum Gasteiger partial charge on any atom is 0.244 e. The summed E-state index contributed by atoms with van der Waals surface area (Å²) >= 11 is 7.80. The average Bonchev–Trinajstić information content (AvgIpc) is 3.51. The van der Waals surface area contributed by atoms with Crippen LogP contribution >= 0.6 is 23.4 Å². The van der Waals surface area contributed by atoms with Crippen molar-refractivity contribution in [1.82, 2.24) is 26.6 Å². The van der Waals surface area contributed by atoms with E-state index in [4.69, 9.17) is 16.3 Å². The Kier molecular flexibility index (Phi) is 12.5. The maximum absolute atomic E-state index is 13.7. The second kappa shape index (κ2) is 16.5. The number of fused-ring (bicyclic) bond motifs is 1. The van der Waals surface area contributed by atoms with Gasteiger partial charge in [0.05, 0.1) is 12.6 Å². The standard InChI is InChI=1S/C31H41ClN6O4S/c1-20(2)27-30(41)37-25(19-36-31-35-14-16-43-31)28(39)34-12-6-9-22-8-3-4-11-26(22)42-15-13-33-24(29(40)38-27)18-21-7-5-10-23(32)17-21/h3-5,7-8,10-11,17,20,24-25,27,33H,6,9,12-16,18-19H2,1-2H3,(H,34,39)(H,35,36)(H,37,41)(H,38,40)/t24-,25+,27-/m1/s1. The maximum atomic E-state index is 13.7. The van der Waals surface area contributed by atoms with Gasteiger partial charge in [-0.05, 0) is 54.5 Å². The molecule has 2 aliphatic rings. The molecule has 0 saturated carbocycles. The van der Waals surface area contributed by atoms with Crippen molar-refractivity contribution in [3.63, 3.8) is 0 Å². The van der Waals surface area contributed by atoms with E-state index in [1.54, 1.807) is 17.8 Å². The molecule has 2 aromatic carbocycles. The highest BCUT2D eigenvalue weighted by Crippen LogP contribution is 2.19. The Bertz CT molecular complexity index is 1290. The van der Waals surface area contributed by atoms with E-state index in [1.165, 1.54) is 0 Å². The number of carbonyl (C=O) groups excluding carboxylic acids is 3. The molecule has 0 unspecified atom stereocenters.